The van der Waals surface area contributed by atoms with E-state index < -0.39 is 18.7 Å². The molecular formula is C6H10O4Pm. The molecule has 0 amide bonds. The summed E-state index contributed by atoms with van der Waals surface area (Å²) in [5, 5.41) is 16.9. The fourth-order valence-electron chi connectivity index (χ4n) is 0.290. The van der Waals surface area contributed by atoms with Gasteiger partial charge in [-0.15, -0.1) is 0 Å². The van der Waals surface area contributed by atoms with Gasteiger partial charge in [0.2, 0.25) is 0 Å². The molecular weight excluding hydrogens is 281 g/mol. The largest absolute Gasteiger partial charge is 0.460 e. The van der Waals surface area contributed by atoms with Gasteiger partial charge in [-0.1, -0.05) is 6.58 Å². The molecule has 11 heavy (non-hydrogen) atoms. The Morgan fingerprint density at radius 2 is 2.27 bits per heavy atom. The molecule has 0 heterocycles. The Bertz CT molecular complexity index is 126. The summed E-state index contributed by atoms with van der Waals surface area (Å²) in [7, 11) is 0. The van der Waals surface area contributed by atoms with E-state index in [0.29, 0.717) is 0 Å². The normalized spacial score (nSPS) is 11.1. The predicted molar refractivity (Wildman–Crippen MR) is 34.2 cm³/mol. The van der Waals surface area contributed by atoms with Gasteiger partial charge in [0.1, 0.15) is 12.7 Å². The van der Waals surface area contributed by atoms with Gasteiger partial charge in [0.05, 0.1) is 6.61 Å². The van der Waals surface area contributed by atoms with Gasteiger partial charge in [0.15, 0.2) is 0 Å². The monoisotopic (exact) mass is 291 g/mol. The number of rotatable bonds is 4. The Hall–Kier alpha value is 0.468. The summed E-state index contributed by atoms with van der Waals surface area (Å²) in [5.74, 6) is -0.604. The Morgan fingerprint density at radius 3 is 2.64 bits per heavy atom. The molecule has 0 aliphatic rings. The molecule has 0 aromatic rings. The minimum absolute atomic E-state index is 0. The van der Waals surface area contributed by atoms with Crippen molar-refractivity contribution in [3.05, 3.63) is 12.7 Å². The molecule has 0 aliphatic carbocycles. The summed E-state index contributed by atoms with van der Waals surface area (Å²) in [6, 6.07) is 0. The second-order valence-electron chi connectivity index (χ2n) is 1.67. The van der Waals surface area contributed by atoms with Crippen LogP contribution in [0.4, 0.5) is 0 Å². The number of hydrogen-bond donors (Lipinski definition) is 2. The van der Waals surface area contributed by atoms with Crippen LogP contribution in [0.5, 0.6) is 0 Å². The smallest absolute Gasteiger partial charge is 0.330 e. The minimum atomic E-state index is -0.996. The third kappa shape index (κ3) is 8.37. The quantitative estimate of drug-likeness (QED) is 0.519. The van der Waals surface area contributed by atoms with E-state index in [9.17, 15) is 4.79 Å². The molecule has 0 aliphatic heterocycles. The van der Waals surface area contributed by atoms with Crippen molar-refractivity contribution in [3.8, 4) is 0 Å². The number of ether oxygens (including phenoxy) is 1. The first-order chi connectivity index (χ1) is 4.70. The molecule has 0 spiro atoms. The van der Waals surface area contributed by atoms with Crippen molar-refractivity contribution in [1.82, 2.24) is 0 Å². The predicted octanol–water partition coefficient (Wildman–Crippen LogP) is -0.931. The number of carbonyl (C=O) groups excluding carboxylic acids is 1. The van der Waals surface area contributed by atoms with E-state index in [4.69, 9.17) is 10.2 Å². The molecule has 0 rings (SSSR count). The summed E-state index contributed by atoms with van der Waals surface area (Å²) in [6.45, 7) is 2.54. The summed E-state index contributed by atoms with van der Waals surface area (Å²) >= 11 is 0. The first kappa shape index (κ1) is 14.0. The molecule has 0 saturated heterocycles. The standard InChI is InChI=1S/C6H10O4.Pm/c1-2-6(9)10-4-5(8)3-7;/h2,5,7-8H,1,3-4H2;. The molecule has 0 fully saturated rings. The summed E-state index contributed by atoms with van der Waals surface area (Å²) in [6.07, 6.45) is -0.00622. The molecule has 0 aromatic heterocycles. The van der Waals surface area contributed by atoms with E-state index in [2.05, 4.69) is 11.3 Å². The van der Waals surface area contributed by atoms with Crippen LogP contribution in [0, 0.1) is 40.4 Å². The maximum Gasteiger partial charge on any atom is 0.330 e. The van der Waals surface area contributed by atoms with Crippen LogP contribution >= 0.6 is 0 Å². The van der Waals surface area contributed by atoms with Crippen LogP contribution in [0.2, 0.25) is 0 Å². The topological polar surface area (TPSA) is 66.8 Å². The van der Waals surface area contributed by atoms with Crippen LogP contribution in [-0.4, -0.2) is 35.5 Å². The summed E-state index contributed by atoms with van der Waals surface area (Å²) < 4.78 is 4.38. The zero-order valence-corrected chi connectivity index (χ0v) is 8.80. The van der Waals surface area contributed by atoms with Crippen molar-refractivity contribution in [2.24, 2.45) is 0 Å². The first-order valence-corrected chi connectivity index (χ1v) is 2.78. The molecule has 0 bridgehead atoms. The SMILES string of the molecule is C=CC(=O)OCC(O)CO.[Pm]. The van der Waals surface area contributed by atoms with Crippen molar-refractivity contribution in [1.29, 1.82) is 0 Å². The zero-order chi connectivity index (χ0) is 7.98. The molecule has 63 valence electrons. The van der Waals surface area contributed by atoms with E-state index in [1.165, 1.54) is 0 Å². The number of hydrogen-bond acceptors (Lipinski definition) is 4. The van der Waals surface area contributed by atoms with E-state index in [1.54, 1.807) is 0 Å². The van der Waals surface area contributed by atoms with Gasteiger partial charge in [-0.25, -0.2) is 4.79 Å². The molecule has 4 nitrogen and oxygen atoms in total. The van der Waals surface area contributed by atoms with Crippen molar-refractivity contribution in [2.45, 2.75) is 6.10 Å². The Labute approximate surface area is 97.3 Å². The van der Waals surface area contributed by atoms with Crippen molar-refractivity contribution >= 4 is 5.97 Å². The molecule has 5 heteroatoms. The van der Waals surface area contributed by atoms with Crippen molar-refractivity contribution < 1.29 is 60.1 Å². The third-order valence-electron chi connectivity index (χ3n) is 0.795. The van der Waals surface area contributed by atoms with Crippen LogP contribution in [-0.2, 0) is 9.53 Å². The average molecular weight is 291 g/mol. The van der Waals surface area contributed by atoms with Gasteiger partial charge in [0.25, 0.3) is 0 Å². The zero-order valence-electron chi connectivity index (χ0n) is 5.93. The van der Waals surface area contributed by atoms with E-state index in [0.717, 1.165) is 6.08 Å². The van der Waals surface area contributed by atoms with Crippen LogP contribution in [0.3, 0.4) is 0 Å². The van der Waals surface area contributed by atoms with Gasteiger partial charge < -0.3 is 14.9 Å². The Morgan fingerprint density at radius 1 is 1.73 bits per heavy atom. The maximum atomic E-state index is 10.3. The van der Waals surface area contributed by atoms with Crippen molar-refractivity contribution in [3.63, 3.8) is 0 Å². The number of aliphatic hydroxyl groups is 2. The average Bonchev–Trinajstić information content (AvgIpc) is 1.99. The number of aliphatic hydroxyl groups excluding tert-OH is 2. The Balaban J connectivity index is 0. The van der Waals surface area contributed by atoms with Gasteiger partial charge in [-0.2, -0.15) is 0 Å². The van der Waals surface area contributed by atoms with Crippen molar-refractivity contribution in [2.75, 3.05) is 13.2 Å². The van der Waals surface area contributed by atoms with Crippen LogP contribution < -0.4 is 0 Å². The summed E-state index contributed by atoms with van der Waals surface area (Å²) in [5.41, 5.74) is 0. The maximum absolute atomic E-state index is 10.3. The third-order valence-corrected chi connectivity index (χ3v) is 0.795. The molecule has 0 saturated carbocycles. The van der Waals surface area contributed by atoms with E-state index in [-0.39, 0.29) is 47.0 Å². The first-order valence-electron chi connectivity index (χ1n) is 2.78. The number of esters is 1. The van der Waals surface area contributed by atoms with Gasteiger partial charge in [-0.3, -0.25) is 0 Å². The van der Waals surface area contributed by atoms with Crippen LogP contribution in [0.25, 0.3) is 0 Å². The minimum Gasteiger partial charge on any atom is -0.460 e. The van der Waals surface area contributed by atoms with Crippen LogP contribution in [0.15, 0.2) is 12.7 Å². The molecule has 1 radical (unpaired) electrons. The fraction of sp³-hybridized carbons (Fsp3) is 0.500. The van der Waals surface area contributed by atoms with Crippen LogP contribution in [0.1, 0.15) is 0 Å². The molecule has 1 unspecified atom stereocenters. The summed E-state index contributed by atoms with van der Waals surface area (Å²) in [4.78, 5) is 10.3. The molecule has 1 atom stereocenters. The Kier molecular flexibility index (Phi) is 10.9. The number of carbonyl (C=O) groups is 1. The van der Waals surface area contributed by atoms with E-state index in [1.807, 2.05) is 0 Å². The van der Waals surface area contributed by atoms with Gasteiger partial charge in [-0.05, 0) is 0 Å². The second-order valence-corrected chi connectivity index (χ2v) is 1.67. The second kappa shape index (κ2) is 8.56. The molecule has 0 aromatic carbocycles. The molecule has 2 N–H and O–H groups in total. The van der Waals surface area contributed by atoms with E-state index >= 15 is 0 Å². The fourth-order valence-corrected chi connectivity index (χ4v) is 0.290. The van der Waals surface area contributed by atoms with Gasteiger partial charge in [0, 0.05) is 46.5 Å². The van der Waals surface area contributed by atoms with Gasteiger partial charge >= 0.3 is 5.97 Å².